The van der Waals surface area contributed by atoms with Crippen molar-refractivity contribution in [1.82, 2.24) is 4.90 Å². The summed E-state index contributed by atoms with van der Waals surface area (Å²) in [5.41, 5.74) is 1.02. The number of carbonyl (C=O) groups is 1. The Bertz CT molecular complexity index is 399. The molecule has 0 atom stereocenters. The van der Waals surface area contributed by atoms with Crippen LogP contribution >= 0.6 is 0 Å². The zero-order valence-corrected chi connectivity index (χ0v) is 11.2. The number of amides is 1. The lowest BCUT2D eigenvalue weighted by Gasteiger charge is -2.30. The molecule has 0 bridgehead atoms. The number of allylic oxidation sites excluding steroid dienone is 4. The molecule has 4 nitrogen and oxygen atoms in total. The van der Waals surface area contributed by atoms with Gasteiger partial charge in [0.25, 0.3) is 6.26 Å². The van der Waals surface area contributed by atoms with Gasteiger partial charge in [-0.1, -0.05) is 31.4 Å². The Hall–Kier alpha value is -2.02. The van der Waals surface area contributed by atoms with E-state index in [9.17, 15) is 4.79 Å². The number of piperidine rings is 1. The third-order valence-corrected chi connectivity index (χ3v) is 3.24. The third kappa shape index (κ3) is 5.01. The van der Waals surface area contributed by atoms with Crippen molar-refractivity contribution in [2.24, 2.45) is 0 Å². The molecule has 0 aliphatic carbocycles. The molecule has 1 rings (SSSR count). The van der Waals surface area contributed by atoms with Gasteiger partial charge in [0.05, 0.1) is 0 Å². The number of hydrogen-bond acceptors (Lipinski definition) is 3. The molecule has 0 spiro atoms. The van der Waals surface area contributed by atoms with Gasteiger partial charge >= 0.3 is 0 Å². The predicted molar refractivity (Wildman–Crippen MR) is 74.0 cm³/mol. The second-order valence-electron chi connectivity index (χ2n) is 4.47. The van der Waals surface area contributed by atoms with Gasteiger partial charge in [0.2, 0.25) is 5.91 Å². The van der Waals surface area contributed by atoms with Gasteiger partial charge in [-0.3, -0.25) is 4.79 Å². The Kier molecular flexibility index (Phi) is 6.45. The SMILES string of the molecule is C=C/C=C(\C=C)CCC(=O)N1CCC(OC#N)CC1. The van der Waals surface area contributed by atoms with Gasteiger partial charge in [-0.15, -0.1) is 0 Å². The molecule has 0 radical (unpaired) electrons. The van der Waals surface area contributed by atoms with Crippen LogP contribution in [-0.4, -0.2) is 30.0 Å². The largest absolute Gasteiger partial charge is 0.424 e. The summed E-state index contributed by atoms with van der Waals surface area (Å²) in [6.45, 7) is 8.68. The smallest absolute Gasteiger partial charge is 0.286 e. The number of carbonyl (C=O) groups excluding carboxylic acids is 1. The maximum absolute atomic E-state index is 12.0. The molecule has 1 heterocycles. The minimum Gasteiger partial charge on any atom is -0.424 e. The molecule has 1 saturated heterocycles. The van der Waals surface area contributed by atoms with Crippen molar-refractivity contribution in [2.75, 3.05) is 13.1 Å². The molecule has 19 heavy (non-hydrogen) atoms. The van der Waals surface area contributed by atoms with Crippen molar-refractivity contribution in [3.8, 4) is 6.26 Å². The standard InChI is InChI=1S/C15H20N2O2/c1-3-5-13(4-2)6-7-15(18)17-10-8-14(9-11-17)19-12-16/h3-5,14H,1-2,6-11H2/b13-5+. The Morgan fingerprint density at radius 2 is 2.05 bits per heavy atom. The van der Waals surface area contributed by atoms with Crippen LogP contribution in [0.1, 0.15) is 25.7 Å². The van der Waals surface area contributed by atoms with E-state index >= 15 is 0 Å². The van der Waals surface area contributed by atoms with Crippen LogP contribution in [0.15, 0.2) is 37.0 Å². The fourth-order valence-corrected chi connectivity index (χ4v) is 2.11. The van der Waals surface area contributed by atoms with Gasteiger partial charge in [-0.05, 0) is 12.0 Å². The highest BCUT2D eigenvalue weighted by atomic mass is 16.5. The molecule has 4 heteroatoms. The summed E-state index contributed by atoms with van der Waals surface area (Å²) in [5, 5.41) is 8.44. The van der Waals surface area contributed by atoms with Gasteiger partial charge in [0.1, 0.15) is 6.10 Å². The maximum Gasteiger partial charge on any atom is 0.286 e. The average Bonchev–Trinajstić information content (AvgIpc) is 2.44. The van der Waals surface area contributed by atoms with Crippen LogP contribution < -0.4 is 0 Å². The number of nitrogens with zero attached hydrogens (tertiary/aromatic N) is 2. The molecule has 0 aromatic heterocycles. The average molecular weight is 260 g/mol. The Balaban J connectivity index is 2.35. The highest BCUT2D eigenvalue weighted by Gasteiger charge is 2.23. The summed E-state index contributed by atoms with van der Waals surface area (Å²) in [6.07, 6.45) is 9.63. The molecule has 0 aromatic carbocycles. The second-order valence-corrected chi connectivity index (χ2v) is 4.47. The monoisotopic (exact) mass is 260 g/mol. The minimum atomic E-state index is -0.0292. The van der Waals surface area contributed by atoms with E-state index in [0.717, 1.165) is 18.4 Å². The predicted octanol–water partition coefficient (Wildman–Crippen LogP) is 2.55. The molecule has 1 aliphatic rings. The number of nitriles is 1. The highest BCUT2D eigenvalue weighted by Crippen LogP contribution is 2.16. The van der Waals surface area contributed by atoms with Gasteiger partial charge in [0, 0.05) is 32.4 Å². The number of ether oxygens (including phenoxy) is 1. The number of rotatable bonds is 6. The topological polar surface area (TPSA) is 53.3 Å². The van der Waals surface area contributed by atoms with E-state index in [-0.39, 0.29) is 12.0 Å². The summed E-state index contributed by atoms with van der Waals surface area (Å²) in [7, 11) is 0. The molecular weight excluding hydrogens is 240 g/mol. The molecule has 0 N–H and O–H groups in total. The lowest BCUT2D eigenvalue weighted by molar-refractivity contribution is -0.133. The normalized spacial score (nSPS) is 16.6. The van der Waals surface area contributed by atoms with Crippen molar-refractivity contribution < 1.29 is 9.53 Å². The summed E-state index contributed by atoms with van der Waals surface area (Å²) in [5.74, 6) is 0.146. The fraction of sp³-hybridized carbons (Fsp3) is 0.467. The third-order valence-electron chi connectivity index (χ3n) is 3.24. The van der Waals surface area contributed by atoms with Crippen LogP contribution in [0, 0.1) is 11.5 Å². The molecule has 0 aromatic rings. The highest BCUT2D eigenvalue weighted by molar-refractivity contribution is 5.76. The van der Waals surface area contributed by atoms with E-state index in [4.69, 9.17) is 10.00 Å². The van der Waals surface area contributed by atoms with Crippen LogP contribution in [0.2, 0.25) is 0 Å². The van der Waals surface area contributed by atoms with E-state index in [1.165, 1.54) is 0 Å². The Morgan fingerprint density at radius 3 is 2.58 bits per heavy atom. The number of hydrogen-bond donors (Lipinski definition) is 0. The van der Waals surface area contributed by atoms with E-state index in [0.29, 0.717) is 25.9 Å². The summed E-state index contributed by atoms with van der Waals surface area (Å²) >= 11 is 0. The molecule has 1 amide bonds. The van der Waals surface area contributed by atoms with Crippen LogP contribution in [0.25, 0.3) is 0 Å². The van der Waals surface area contributed by atoms with Crippen molar-refractivity contribution in [2.45, 2.75) is 31.8 Å². The molecular formula is C15H20N2O2. The van der Waals surface area contributed by atoms with E-state index in [1.807, 2.05) is 11.0 Å². The van der Waals surface area contributed by atoms with Crippen LogP contribution in [0.4, 0.5) is 0 Å². The zero-order valence-electron chi connectivity index (χ0n) is 11.2. The van der Waals surface area contributed by atoms with E-state index < -0.39 is 0 Å². The van der Waals surface area contributed by atoms with Crippen molar-refractivity contribution in [1.29, 1.82) is 5.26 Å². The van der Waals surface area contributed by atoms with Crippen molar-refractivity contribution >= 4 is 5.91 Å². The fourth-order valence-electron chi connectivity index (χ4n) is 2.11. The Labute approximate surface area is 114 Å². The molecule has 1 fully saturated rings. The lowest BCUT2D eigenvalue weighted by atomic mass is 10.1. The maximum atomic E-state index is 12.0. The lowest BCUT2D eigenvalue weighted by Crippen LogP contribution is -2.40. The first-order valence-corrected chi connectivity index (χ1v) is 6.47. The summed E-state index contributed by atoms with van der Waals surface area (Å²) < 4.78 is 4.89. The van der Waals surface area contributed by atoms with Gasteiger partial charge in [-0.25, -0.2) is 0 Å². The summed E-state index contributed by atoms with van der Waals surface area (Å²) in [4.78, 5) is 13.9. The molecule has 0 saturated carbocycles. The second kappa shape index (κ2) is 8.15. The van der Waals surface area contributed by atoms with Gasteiger partial charge < -0.3 is 9.64 Å². The van der Waals surface area contributed by atoms with Crippen LogP contribution in [0.5, 0.6) is 0 Å². The van der Waals surface area contributed by atoms with E-state index in [1.54, 1.807) is 18.4 Å². The van der Waals surface area contributed by atoms with Crippen LogP contribution in [-0.2, 0) is 9.53 Å². The molecule has 1 aliphatic heterocycles. The summed E-state index contributed by atoms with van der Waals surface area (Å²) in [6, 6.07) is 0. The molecule has 0 unspecified atom stereocenters. The first kappa shape index (κ1) is 15.0. The zero-order chi connectivity index (χ0) is 14.1. The molecule has 102 valence electrons. The first-order valence-electron chi connectivity index (χ1n) is 6.47. The quantitative estimate of drug-likeness (QED) is 0.545. The minimum absolute atomic E-state index is 0.0292. The van der Waals surface area contributed by atoms with Gasteiger partial charge in [0.15, 0.2) is 0 Å². The van der Waals surface area contributed by atoms with Crippen molar-refractivity contribution in [3.05, 3.63) is 37.0 Å². The van der Waals surface area contributed by atoms with Gasteiger partial charge in [-0.2, -0.15) is 5.26 Å². The number of likely N-dealkylation sites (tertiary alicyclic amines) is 1. The Morgan fingerprint density at radius 1 is 1.37 bits per heavy atom. The van der Waals surface area contributed by atoms with Crippen LogP contribution in [0.3, 0.4) is 0 Å². The van der Waals surface area contributed by atoms with E-state index in [2.05, 4.69) is 13.2 Å². The van der Waals surface area contributed by atoms with Crippen molar-refractivity contribution in [3.63, 3.8) is 0 Å². The first-order chi connectivity index (χ1) is 9.21.